The van der Waals surface area contributed by atoms with Gasteiger partial charge in [0.05, 0.1) is 6.04 Å². The van der Waals surface area contributed by atoms with Crippen LogP contribution in [0.3, 0.4) is 0 Å². The van der Waals surface area contributed by atoms with Gasteiger partial charge in [0.2, 0.25) is 0 Å². The lowest BCUT2D eigenvalue weighted by Crippen LogP contribution is -2.22. The van der Waals surface area contributed by atoms with E-state index in [0.717, 1.165) is 22.4 Å². The number of nitrogens with one attached hydrogen (secondary N) is 1. The second-order valence-corrected chi connectivity index (χ2v) is 6.21. The van der Waals surface area contributed by atoms with E-state index in [1.165, 1.54) is 4.88 Å². The summed E-state index contributed by atoms with van der Waals surface area (Å²) in [6.45, 7) is 3.19. The van der Waals surface area contributed by atoms with E-state index >= 15 is 0 Å². The Kier molecular flexibility index (Phi) is 4.52. The summed E-state index contributed by atoms with van der Waals surface area (Å²) >= 11 is 6.96. The van der Waals surface area contributed by atoms with Gasteiger partial charge in [-0.2, -0.15) is 0 Å². The second kappa shape index (κ2) is 5.91. The summed E-state index contributed by atoms with van der Waals surface area (Å²) in [4.78, 5) is 5.72. The standard InChI is InChI=1S/C11H13BrN2S2/c1-2-3-13-10(11-14-4-5-15-11)9-6-8(12)7-16-9/h4-7,10,13H,2-3H2,1H3. The van der Waals surface area contributed by atoms with E-state index < -0.39 is 0 Å². The fraction of sp³-hybridized carbons (Fsp3) is 0.364. The molecule has 1 N–H and O–H groups in total. The van der Waals surface area contributed by atoms with Crippen LogP contribution in [-0.4, -0.2) is 11.5 Å². The summed E-state index contributed by atoms with van der Waals surface area (Å²) in [5.41, 5.74) is 0. The minimum atomic E-state index is 0.247. The summed E-state index contributed by atoms with van der Waals surface area (Å²) in [6.07, 6.45) is 3.00. The molecule has 2 aromatic rings. The third kappa shape index (κ3) is 2.91. The van der Waals surface area contributed by atoms with Gasteiger partial charge in [0.1, 0.15) is 5.01 Å². The van der Waals surface area contributed by atoms with E-state index in [-0.39, 0.29) is 6.04 Å². The highest BCUT2D eigenvalue weighted by Crippen LogP contribution is 2.30. The number of hydrogen-bond donors (Lipinski definition) is 1. The Hall–Kier alpha value is -0.230. The number of nitrogens with zero attached hydrogens (tertiary/aromatic N) is 1. The molecule has 0 saturated carbocycles. The van der Waals surface area contributed by atoms with Crippen molar-refractivity contribution in [2.45, 2.75) is 19.4 Å². The van der Waals surface area contributed by atoms with Crippen molar-refractivity contribution in [2.75, 3.05) is 6.54 Å². The molecule has 2 nitrogen and oxygen atoms in total. The molecule has 0 amide bonds. The van der Waals surface area contributed by atoms with Crippen LogP contribution in [0.5, 0.6) is 0 Å². The van der Waals surface area contributed by atoms with Gasteiger partial charge >= 0.3 is 0 Å². The number of hydrogen-bond acceptors (Lipinski definition) is 4. The third-order valence-corrected chi connectivity index (χ3v) is 4.77. The smallest absolute Gasteiger partial charge is 0.115 e. The van der Waals surface area contributed by atoms with Crippen molar-refractivity contribution in [2.24, 2.45) is 0 Å². The molecule has 0 aliphatic carbocycles. The topological polar surface area (TPSA) is 24.9 Å². The van der Waals surface area contributed by atoms with Crippen molar-refractivity contribution in [1.29, 1.82) is 0 Å². The predicted octanol–water partition coefficient (Wildman–Crippen LogP) is 4.06. The average molecular weight is 317 g/mol. The maximum Gasteiger partial charge on any atom is 0.115 e. The van der Waals surface area contributed by atoms with Gasteiger partial charge in [-0.3, -0.25) is 0 Å². The quantitative estimate of drug-likeness (QED) is 0.900. The molecule has 0 bridgehead atoms. The fourth-order valence-electron chi connectivity index (χ4n) is 1.45. The van der Waals surface area contributed by atoms with E-state index in [0.29, 0.717) is 0 Å². The monoisotopic (exact) mass is 316 g/mol. The number of thiazole rings is 1. The number of aromatic nitrogens is 1. The fourth-order valence-corrected chi connectivity index (χ4v) is 3.78. The lowest BCUT2D eigenvalue weighted by Gasteiger charge is -2.14. The molecule has 5 heteroatoms. The van der Waals surface area contributed by atoms with Crippen molar-refractivity contribution in [3.63, 3.8) is 0 Å². The molecule has 0 fully saturated rings. The van der Waals surface area contributed by atoms with Crippen LogP contribution in [0.1, 0.15) is 29.3 Å². The predicted molar refractivity (Wildman–Crippen MR) is 74.3 cm³/mol. The van der Waals surface area contributed by atoms with E-state index in [4.69, 9.17) is 0 Å². The number of halogens is 1. The summed E-state index contributed by atoms with van der Waals surface area (Å²) < 4.78 is 1.15. The molecule has 2 heterocycles. The van der Waals surface area contributed by atoms with Gasteiger partial charge in [0.15, 0.2) is 0 Å². The van der Waals surface area contributed by atoms with Gasteiger partial charge in [0, 0.05) is 26.3 Å². The third-order valence-electron chi connectivity index (χ3n) is 2.17. The largest absolute Gasteiger partial charge is 0.304 e. The molecule has 1 unspecified atom stereocenters. The maximum absolute atomic E-state index is 4.40. The Morgan fingerprint density at radius 3 is 2.94 bits per heavy atom. The second-order valence-electron chi connectivity index (χ2n) is 3.42. The van der Waals surface area contributed by atoms with Crippen LogP contribution < -0.4 is 5.32 Å². The zero-order valence-electron chi connectivity index (χ0n) is 8.94. The van der Waals surface area contributed by atoms with E-state index in [9.17, 15) is 0 Å². The molecule has 0 aromatic carbocycles. The molecule has 1 atom stereocenters. The van der Waals surface area contributed by atoms with Gasteiger partial charge in [0.25, 0.3) is 0 Å². The van der Waals surface area contributed by atoms with Gasteiger partial charge in [-0.25, -0.2) is 4.98 Å². The Labute approximate surface area is 112 Å². The molecule has 16 heavy (non-hydrogen) atoms. The molecule has 0 aliphatic heterocycles. The molecule has 86 valence electrons. The summed E-state index contributed by atoms with van der Waals surface area (Å²) in [5.74, 6) is 0. The van der Waals surface area contributed by atoms with E-state index in [1.807, 2.05) is 11.6 Å². The SMILES string of the molecule is CCCNC(c1cc(Br)cs1)c1nccs1. The molecular formula is C11H13BrN2S2. The summed E-state index contributed by atoms with van der Waals surface area (Å²) in [7, 11) is 0. The lowest BCUT2D eigenvalue weighted by atomic mass is 10.2. The Morgan fingerprint density at radius 2 is 2.38 bits per heavy atom. The van der Waals surface area contributed by atoms with Crippen LogP contribution in [0.15, 0.2) is 27.5 Å². The highest BCUT2D eigenvalue weighted by molar-refractivity contribution is 9.10. The first-order valence-corrected chi connectivity index (χ1v) is 7.73. The zero-order valence-corrected chi connectivity index (χ0v) is 12.2. The molecule has 0 spiro atoms. The molecule has 0 aliphatic rings. The van der Waals surface area contributed by atoms with Gasteiger partial charge < -0.3 is 5.32 Å². The number of rotatable bonds is 5. The van der Waals surface area contributed by atoms with Gasteiger partial charge in [-0.1, -0.05) is 6.92 Å². The van der Waals surface area contributed by atoms with Crippen molar-refractivity contribution in [3.8, 4) is 0 Å². The van der Waals surface area contributed by atoms with Crippen LogP contribution in [0.4, 0.5) is 0 Å². The summed E-state index contributed by atoms with van der Waals surface area (Å²) in [6, 6.07) is 2.41. The first-order valence-electron chi connectivity index (χ1n) is 5.18. The van der Waals surface area contributed by atoms with Crippen LogP contribution in [-0.2, 0) is 0 Å². The molecule has 2 rings (SSSR count). The van der Waals surface area contributed by atoms with Crippen LogP contribution in [0.25, 0.3) is 0 Å². The highest BCUT2D eigenvalue weighted by Gasteiger charge is 2.17. The Bertz CT molecular complexity index is 425. The average Bonchev–Trinajstić information content (AvgIpc) is 2.91. The van der Waals surface area contributed by atoms with Crippen molar-refractivity contribution in [3.05, 3.63) is 37.4 Å². The first kappa shape index (κ1) is 12.2. The minimum absolute atomic E-state index is 0.247. The lowest BCUT2D eigenvalue weighted by molar-refractivity contribution is 0.603. The van der Waals surface area contributed by atoms with Crippen LogP contribution in [0.2, 0.25) is 0 Å². The molecule has 0 saturated heterocycles. The van der Waals surface area contributed by atoms with E-state index in [1.54, 1.807) is 22.7 Å². The maximum atomic E-state index is 4.40. The normalized spacial score (nSPS) is 12.9. The molecule has 2 aromatic heterocycles. The van der Waals surface area contributed by atoms with Gasteiger partial charge in [-0.15, -0.1) is 22.7 Å². The van der Waals surface area contributed by atoms with Crippen molar-refractivity contribution < 1.29 is 0 Å². The first-order chi connectivity index (χ1) is 7.81. The highest BCUT2D eigenvalue weighted by atomic mass is 79.9. The van der Waals surface area contributed by atoms with Crippen molar-refractivity contribution in [1.82, 2.24) is 10.3 Å². The Balaban J connectivity index is 2.21. The van der Waals surface area contributed by atoms with Crippen LogP contribution in [0, 0.1) is 0 Å². The number of thiophene rings is 1. The van der Waals surface area contributed by atoms with Crippen molar-refractivity contribution >= 4 is 38.6 Å². The molecule has 0 radical (unpaired) electrons. The minimum Gasteiger partial charge on any atom is -0.304 e. The van der Waals surface area contributed by atoms with Crippen LogP contribution >= 0.6 is 38.6 Å². The summed E-state index contributed by atoms with van der Waals surface area (Å²) in [5, 5.41) is 8.82. The molecular weight excluding hydrogens is 304 g/mol. The van der Waals surface area contributed by atoms with Gasteiger partial charge in [-0.05, 0) is 35.0 Å². The van der Waals surface area contributed by atoms with E-state index in [2.05, 4.69) is 44.6 Å². The zero-order chi connectivity index (χ0) is 11.4. The Morgan fingerprint density at radius 1 is 1.50 bits per heavy atom.